The number of ether oxygens (including phenoxy) is 2. The molecule has 2 aromatic rings. The van der Waals surface area contributed by atoms with Crippen LogP contribution in [0, 0.1) is 13.8 Å². The molecular formula is C18H19NO4. The molecule has 0 aliphatic heterocycles. The zero-order chi connectivity index (χ0) is 16.8. The molecule has 0 bridgehead atoms. The molecule has 0 atom stereocenters. The first-order chi connectivity index (χ1) is 11.0. The number of carbonyl (C=O) groups is 2. The minimum Gasteiger partial charge on any atom is -0.482 e. The lowest BCUT2D eigenvalue weighted by Gasteiger charge is -2.10. The van der Waals surface area contributed by atoms with Crippen molar-refractivity contribution in [2.75, 3.05) is 19.0 Å². The van der Waals surface area contributed by atoms with Gasteiger partial charge >= 0.3 is 5.97 Å². The van der Waals surface area contributed by atoms with Gasteiger partial charge in [0.1, 0.15) is 5.75 Å². The van der Waals surface area contributed by atoms with Crippen LogP contribution in [0.5, 0.6) is 5.75 Å². The van der Waals surface area contributed by atoms with E-state index in [4.69, 9.17) is 4.74 Å². The molecule has 0 spiro atoms. The van der Waals surface area contributed by atoms with Gasteiger partial charge in [-0.05, 0) is 49.7 Å². The van der Waals surface area contributed by atoms with Crippen molar-refractivity contribution >= 4 is 17.6 Å². The molecule has 0 heterocycles. The van der Waals surface area contributed by atoms with Gasteiger partial charge in [-0.3, -0.25) is 4.79 Å². The van der Waals surface area contributed by atoms with E-state index in [9.17, 15) is 9.59 Å². The molecule has 1 N–H and O–H groups in total. The summed E-state index contributed by atoms with van der Waals surface area (Å²) in [4.78, 5) is 23.3. The minimum absolute atomic E-state index is 0.162. The van der Waals surface area contributed by atoms with Gasteiger partial charge in [-0.2, -0.15) is 0 Å². The van der Waals surface area contributed by atoms with Crippen molar-refractivity contribution in [2.45, 2.75) is 13.8 Å². The van der Waals surface area contributed by atoms with E-state index in [1.54, 1.807) is 24.3 Å². The third-order valence-electron chi connectivity index (χ3n) is 3.33. The molecule has 0 unspecified atom stereocenters. The highest BCUT2D eigenvalue weighted by Gasteiger charge is 2.08. The van der Waals surface area contributed by atoms with Crippen molar-refractivity contribution in [3.05, 3.63) is 59.2 Å². The second-order valence-corrected chi connectivity index (χ2v) is 5.16. The van der Waals surface area contributed by atoms with Crippen molar-refractivity contribution < 1.29 is 19.1 Å². The number of nitrogens with one attached hydrogen (secondary N) is 1. The maximum atomic E-state index is 12.2. The van der Waals surface area contributed by atoms with Crippen LogP contribution in [0.3, 0.4) is 0 Å². The Morgan fingerprint density at radius 3 is 2.35 bits per heavy atom. The summed E-state index contributed by atoms with van der Waals surface area (Å²) in [6, 6.07) is 12.4. The SMILES string of the molecule is COC(=O)COc1ccc(C(=O)Nc2ccc(C)cc2C)cc1. The number of amides is 1. The molecule has 5 heteroatoms. The maximum absolute atomic E-state index is 12.2. The summed E-state index contributed by atoms with van der Waals surface area (Å²) in [6.07, 6.45) is 0. The fraction of sp³-hybridized carbons (Fsp3) is 0.222. The van der Waals surface area contributed by atoms with Crippen molar-refractivity contribution in [3.8, 4) is 5.75 Å². The van der Waals surface area contributed by atoms with Crippen molar-refractivity contribution in [1.29, 1.82) is 0 Å². The molecule has 1 amide bonds. The highest BCUT2D eigenvalue weighted by molar-refractivity contribution is 6.04. The first-order valence-electron chi connectivity index (χ1n) is 7.18. The molecule has 2 aromatic carbocycles. The van der Waals surface area contributed by atoms with Crippen LogP contribution in [0.1, 0.15) is 21.5 Å². The molecule has 2 rings (SSSR count). The molecule has 0 aromatic heterocycles. The van der Waals surface area contributed by atoms with Crippen LogP contribution in [0.15, 0.2) is 42.5 Å². The number of esters is 1. The second-order valence-electron chi connectivity index (χ2n) is 5.16. The summed E-state index contributed by atoms with van der Waals surface area (Å²) in [5.41, 5.74) is 3.45. The minimum atomic E-state index is -0.457. The van der Waals surface area contributed by atoms with Gasteiger partial charge in [-0.15, -0.1) is 0 Å². The predicted molar refractivity (Wildman–Crippen MR) is 87.8 cm³/mol. The average molecular weight is 313 g/mol. The van der Waals surface area contributed by atoms with E-state index in [1.807, 2.05) is 32.0 Å². The van der Waals surface area contributed by atoms with Crippen molar-refractivity contribution in [3.63, 3.8) is 0 Å². The van der Waals surface area contributed by atoms with Crippen LogP contribution >= 0.6 is 0 Å². The van der Waals surface area contributed by atoms with Crippen LogP contribution in [-0.4, -0.2) is 25.6 Å². The van der Waals surface area contributed by atoms with Gasteiger partial charge in [0, 0.05) is 11.3 Å². The van der Waals surface area contributed by atoms with E-state index in [0.717, 1.165) is 16.8 Å². The molecule has 0 aliphatic rings. The lowest BCUT2D eigenvalue weighted by atomic mass is 10.1. The van der Waals surface area contributed by atoms with E-state index in [1.165, 1.54) is 7.11 Å². The molecule has 0 saturated carbocycles. The lowest BCUT2D eigenvalue weighted by Crippen LogP contribution is -2.14. The Bertz CT molecular complexity index is 707. The Morgan fingerprint density at radius 2 is 1.74 bits per heavy atom. The fourth-order valence-electron chi connectivity index (χ4n) is 2.05. The Hall–Kier alpha value is -2.82. The number of carbonyl (C=O) groups excluding carboxylic acids is 2. The normalized spacial score (nSPS) is 10.0. The van der Waals surface area contributed by atoms with Gasteiger partial charge in [0.15, 0.2) is 6.61 Å². The molecular weight excluding hydrogens is 294 g/mol. The van der Waals surface area contributed by atoms with Crippen LogP contribution in [-0.2, 0) is 9.53 Å². The van der Waals surface area contributed by atoms with Gasteiger partial charge in [0.25, 0.3) is 5.91 Å². The molecule has 120 valence electrons. The summed E-state index contributed by atoms with van der Waals surface area (Å²) in [7, 11) is 1.30. The summed E-state index contributed by atoms with van der Waals surface area (Å²) < 4.78 is 9.73. The first kappa shape index (κ1) is 16.5. The Labute approximate surface area is 135 Å². The standard InChI is InChI=1S/C18H19NO4/c1-12-4-9-16(13(2)10-12)19-18(21)14-5-7-15(8-6-14)23-11-17(20)22-3/h4-10H,11H2,1-3H3,(H,19,21). The highest BCUT2D eigenvalue weighted by Crippen LogP contribution is 2.18. The number of hydrogen-bond acceptors (Lipinski definition) is 4. The predicted octanol–water partition coefficient (Wildman–Crippen LogP) is 3.11. The maximum Gasteiger partial charge on any atom is 0.343 e. The van der Waals surface area contributed by atoms with Crippen molar-refractivity contribution in [2.24, 2.45) is 0 Å². The second kappa shape index (κ2) is 7.45. The fourth-order valence-corrected chi connectivity index (χ4v) is 2.05. The van der Waals surface area contributed by atoms with Crippen molar-refractivity contribution in [1.82, 2.24) is 0 Å². The molecule has 0 saturated heterocycles. The monoisotopic (exact) mass is 313 g/mol. The average Bonchev–Trinajstić information content (AvgIpc) is 2.55. The number of aryl methyl sites for hydroxylation is 2. The van der Waals surface area contributed by atoms with E-state index in [-0.39, 0.29) is 12.5 Å². The van der Waals surface area contributed by atoms with E-state index >= 15 is 0 Å². The third-order valence-corrected chi connectivity index (χ3v) is 3.33. The van der Waals surface area contributed by atoms with Gasteiger partial charge < -0.3 is 14.8 Å². The number of methoxy groups -OCH3 is 1. The van der Waals surface area contributed by atoms with Crippen LogP contribution in [0.25, 0.3) is 0 Å². The summed E-state index contributed by atoms with van der Waals surface area (Å²) in [5.74, 6) is -0.156. The molecule has 0 radical (unpaired) electrons. The Balaban J connectivity index is 2.01. The quantitative estimate of drug-likeness (QED) is 0.861. The Morgan fingerprint density at radius 1 is 1.04 bits per heavy atom. The smallest absolute Gasteiger partial charge is 0.343 e. The van der Waals surface area contributed by atoms with Crippen LogP contribution in [0.2, 0.25) is 0 Å². The number of anilines is 1. The first-order valence-corrected chi connectivity index (χ1v) is 7.18. The van der Waals surface area contributed by atoms with Gasteiger partial charge in [-0.1, -0.05) is 17.7 Å². The van der Waals surface area contributed by atoms with Crippen LogP contribution < -0.4 is 10.1 Å². The summed E-state index contributed by atoms with van der Waals surface area (Å²) in [6.45, 7) is 3.79. The van der Waals surface area contributed by atoms with Crippen LogP contribution in [0.4, 0.5) is 5.69 Å². The highest BCUT2D eigenvalue weighted by atomic mass is 16.6. The number of hydrogen-bond donors (Lipinski definition) is 1. The van der Waals surface area contributed by atoms with Gasteiger partial charge in [0.2, 0.25) is 0 Å². The molecule has 0 fully saturated rings. The Kier molecular flexibility index (Phi) is 5.36. The zero-order valence-electron chi connectivity index (χ0n) is 13.4. The van der Waals surface area contributed by atoms with E-state index < -0.39 is 5.97 Å². The largest absolute Gasteiger partial charge is 0.482 e. The summed E-state index contributed by atoms with van der Waals surface area (Å²) >= 11 is 0. The molecule has 23 heavy (non-hydrogen) atoms. The molecule has 5 nitrogen and oxygen atoms in total. The van der Waals surface area contributed by atoms with E-state index in [0.29, 0.717) is 11.3 Å². The van der Waals surface area contributed by atoms with E-state index in [2.05, 4.69) is 10.1 Å². The topological polar surface area (TPSA) is 64.6 Å². The molecule has 0 aliphatic carbocycles. The number of rotatable bonds is 5. The zero-order valence-corrected chi connectivity index (χ0v) is 13.4. The summed E-state index contributed by atoms with van der Waals surface area (Å²) in [5, 5.41) is 2.88. The van der Waals surface area contributed by atoms with Gasteiger partial charge in [-0.25, -0.2) is 4.79 Å². The third kappa shape index (κ3) is 4.57. The number of benzene rings is 2. The lowest BCUT2D eigenvalue weighted by molar-refractivity contribution is -0.142. The van der Waals surface area contributed by atoms with Gasteiger partial charge in [0.05, 0.1) is 7.11 Å².